The minimum atomic E-state index is 0.609. The van der Waals surface area contributed by atoms with E-state index in [0.29, 0.717) is 24.7 Å². The van der Waals surface area contributed by atoms with Gasteiger partial charge in [0.2, 0.25) is 0 Å². The number of benzene rings is 1. The first-order valence-electron chi connectivity index (χ1n) is 8.62. The molecule has 1 aliphatic heterocycles. The van der Waals surface area contributed by atoms with E-state index >= 15 is 0 Å². The van der Waals surface area contributed by atoms with Crippen molar-refractivity contribution in [1.82, 2.24) is 9.97 Å². The van der Waals surface area contributed by atoms with E-state index < -0.39 is 0 Å². The van der Waals surface area contributed by atoms with Gasteiger partial charge in [-0.25, -0.2) is 9.97 Å². The van der Waals surface area contributed by atoms with Gasteiger partial charge in [0, 0.05) is 25.9 Å². The third-order valence-electron chi connectivity index (χ3n) is 4.14. The normalized spacial score (nSPS) is 14.5. The maximum absolute atomic E-state index is 6.25. The van der Waals surface area contributed by atoms with Crippen LogP contribution in [0.5, 0.6) is 0 Å². The number of ether oxygens (including phenoxy) is 1. The molecule has 0 saturated carbocycles. The van der Waals surface area contributed by atoms with Gasteiger partial charge in [0.05, 0.1) is 13.2 Å². The summed E-state index contributed by atoms with van der Waals surface area (Å²) in [6, 6.07) is 10.5. The predicted octanol–water partition coefficient (Wildman–Crippen LogP) is 2.66. The minimum absolute atomic E-state index is 0.609. The van der Waals surface area contributed by atoms with E-state index in [-0.39, 0.29) is 0 Å². The lowest BCUT2D eigenvalue weighted by Gasteiger charge is -2.29. The maximum atomic E-state index is 6.25. The number of nitrogens with two attached hydrogens (primary N) is 1. The summed E-state index contributed by atoms with van der Waals surface area (Å²) in [6.07, 6.45) is 2.15. The number of hydrogen-bond acceptors (Lipinski definition) is 7. The van der Waals surface area contributed by atoms with Crippen LogP contribution in [0.15, 0.2) is 35.5 Å². The molecule has 7 heteroatoms. The second kappa shape index (κ2) is 8.92. The van der Waals surface area contributed by atoms with E-state index in [1.165, 1.54) is 5.56 Å². The molecular weight excluding hydrogens is 334 g/mol. The van der Waals surface area contributed by atoms with Crippen molar-refractivity contribution in [3.05, 3.63) is 35.9 Å². The Morgan fingerprint density at radius 2 is 1.96 bits per heavy atom. The molecule has 134 valence electrons. The van der Waals surface area contributed by atoms with Crippen molar-refractivity contribution in [3.63, 3.8) is 0 Å². The zero-order chi connectivity index (χ0) is 17.5. The van der Waals surface area contributed by atoms with Crippen LogP contribution in [0.4, 0.5) is 17.3 Å². The molecule has 0 radical (unpaired) electrons. The highest BCUT2D eigenvalue weighted by Crippen LogP contribution is 2.30. The molecule has 2 aromatic rings. The first-order chi connectivity index (χ1) is 12.3. The SMILES string of the molecule is CNc1nc(SCCCc2ccccc2)nc(N2CCOCC2)c1N. The van der Waals surface area contributed by atoms with Crippen LogP contribution in [0, 0.1) is 0 Å². The van der Waals surface area contributed by atoms with Gasteiger partial charge in [-0.15, -0.1) is 0 Å². The number of nitrogen functional groups attached to an aromatic ring is 1. The molecule has 0 amide bonds. The molecule has 0 aliphatic carbocycles. The van der Waals surface area contributed by atoms with Crippen LogP contribution in [0.25, 0.3) is 0 Å². The van der Waals surface area contributed by atoms with Gasteiger partial charge in [-0.1, -0.05) is 42.1 Å². The summed E-state index contributed by atoms with van der Waals surface area (Å²) in [5.41, 5.74) is 8.22. The molecule has 1 aromatic heterocycles. The van der Waals surface area contributed by atoms with Crippen LogP contribution in [-0.4, -0.2) is 49.1 Å². The quantitative estimate of drug-likeness (QED) is 0.447. The molecule has 6 nitrogen and oxygen atoms in total. The number of aryl methyl sites for hydroxylation is 1. The van der Waals surface area contributed by atoms with Gasteiger partial charge in [-0.05, 0) is 18.4 Å². The monoisotopic (exact) mass is 359 g/mol. The molecule has 3 N–H and O–H groups in total. The van der Waals surface area contributed by atoms with E-state index in [1.54, 1.807) is 11.8 Å². The highest BCUT2D eigenvalue weighted by molar-refractivity contribution is 7.99. The Balaban J connectivity index is 1.64. The summed E-state index contributed by atoms with van der Waals surface area (Å²) in [4.78, 5) is 11.4. The number of thioether (sulfide) groups is 1. The number of hydrogen-bond donors (Lipinski definition) is 2. The molecule has 1 saturated heterocycles. The van der Waals surface area contributed by atoms with Crippen molar-refractivity contribution in [2.75, 3.05) is 55.1 Å². The van der Waals surface area contributed by atoms with Crippen LogP contribution < -0.4 is 16.0 Å². The van der Waals surface area contributed by atoms with Gasteiger partial charge in [0.25, 0.3) is 0 Å². The van der Waals surface area contributed by atoms with Crippen molar-refractivity contribution >= 4 is 29.1 Å². The second-order valence-corrected chi connectivity index (χ2v) is 6.94. The van der Waals surface area contributed by atoms with Crippen LogP contribution in [0.2, 0.25) is 0 Å². The average molecular weight is 359 g/mol. The van der Waals surface area contributed by atoms with Gasteiger partial charge in [0.1, 0.15) is 5.69 Å². The van der Waals surface area contributed by atoms with E-state index in [1.807, 2.05) is 13.1 Å². The Hall–Kier alpha value is -1.99. The molecule has 0 bridgehead atoms. The molecule has 3 rings (SSSR count). The lowest BCUT2D eigenvalue weighted by molar-refractivity contribution is 0.122. The Bertz CT molecular complexity index is 677. The average Bonchev–Trinajstić information content (AvgIpc) is 2.67. The zero-order valence-electron chi connectivity index (χ0n) is 14.6. The lowest BCUT2D eigenvalue weighted by atomic mass is 10.1. The van der Waals surface area contributed by atoms with E-state index in [0.717, 1.165) is 42.7 Å². The standard InChI is InChI=1S/C18H25N5OS/c1-20-16-15(19)17(23-9-11-24-12-10-23)22-18(21-16)25-13-5-8-14-6-3-2-4-7-14/h2-4,6-7H,5,8-13,19H2,1H3,(H,20,21,22). The Morgan fingerprint density at radius 1 is 1.20 bits per heavy atom. The summed E-state index contributed by atoms with van der Waals surface area (Å²) in [5, 5.41) is 3.86. The Morgan fingerprint density at radius 3 is 2.68 bits per heavy atom. The van der Waals surface area contributed by atoms with E-state index in [2.05, 4.69) is 39.5 Å². The molecule has 0 atom stereocenters. The number of anilines is 3. The predicted molar refractivity (Wildman–Crippen MR) is 105 cm³/mol. The molecule has 0 unspecified atom stereocenters. The first-order valence-corrected chi connectivity index (χ1v) is 9.61. The van der Waals surface area contributed by atoms with Crippen LogP contribution in [-0.2, 0) is 11.2 Å². The third-order valence-corrected chi connectivity index (χ3v) is 5.07. The van der Waals surface area contributed by atoms with E-state index in [9.17, 15) is 0 Å². The number of morpholine rings is 1. The van der Waals surface area contributed by atoms with Crippen LogP contribution in [0.1, 0.15) is 12.0 Å². The summed E-state index contributed by atoms with van der Waals surface area (Å²) >= 11 is 1.68. The summed E-state index contributed by atoms with van der Waals surface area (Å²) in [5.74, 6) is 2.49. The molecule has 2 heterocycles. The largest absolute Gasteiger partial charge is 0.393 e. The molecule has 1 fully saturated rings. The lowest BCUT2D eigenvalue weighted by Crippen LogP contribution is -2.37. The fourth-order valence-electron chi connectivity index (χ4n) is 2.79. The Kier molecular flexibility index (Phi) is 6.36. The van der Waals surface area contributed by atoms with Gasteiger partial charge >= 0.3 is 0 Å². The summed E-state index contributed by atoms with van der Waals surface area (Å²) in [6.45, 7) is 3.03. The van der Waals surface area contributed by atoms with Crippen molar-refractivity contribution in [2.45, 2.75) is 18.0 Å². The fraction of sp³-hybridized carbons (Fsp3) is 0.444. The molecule has 25 heavy (non-hydrogen) atoms. The number of rotatable bonds is 7. The first kappa shape index (κ1) is 17.8. The Labute approximate surface area is 153 Å². The number of aromatic nitrogens is 2. The number of nitrogens with zero attached hydrogens (tertiary/aromatic N) is 3. The fourth-order valence-corrected chi connectivity index (χ4v) is 3.57. The van der Waals surface area contributed by atoms with Gasteiger partial charge in [0.15, 0.2) is 16.8 Å². The smallest absolute Gasteiger partial charge is 0.191 e. The number of nitrogens with one attached hydrogen (secondary N) is 1. The van der Waals surface area contributed by atoms with Crippen LogP contribution >= 0.6 is 11.8 Å². The van der Waals surface area contributed by atoms with Gasteiger partial charge in [-0.3, -0.25) is 0 Å². The molecule has 0 spiro atoms. The molecule has 1 aromatic carbocycles. The highest BCUT2D eigenvalue weighted by Gasteiger charge is 2.19. The van der Waals surface area contributed by atoms with E-state index in [4.69, 9.17) is 15.5 Å². The molecular formula is C18H25N5OS. The maximum Gasteiger partial charge on any atom is 0.191 e. The third kappa shape index (κ3) is 4.76. The summed E-state index contributed by atoms with van der Waals surface area (Å²) in [7, 11) is 1.84. The summed E-state index contributed by atoms with van der Waals surface area (Å²) < 4.78 is 5.42. The zero-order valence-corrected chi connectivity index (χ0v) is 15.4. The topological polar surface area (TPSA) is 76.3 Å². The van der Waals surface area contributed by atoms with Crippen molar-refractivity contribution in [3.8, 4) is 0 Å². The molecule has 1 aliphatic rings. The minimum Gasteiger partial charge on any atom is -0.393 e. The highest BCUT2D eigenvalue weighted by atomic mass is 32.2. The van der Waals surface area contributed by atoms with Crippen molar-refractivity contribution in [2.24, 2.45) is 0 Å². The van der Waals surface area contributed by atoms with Crippen molar-refractivity contribution in [1.29, 1.82) is 0 Å². The van der Waals surface area contributed by atoms with Crippen molar-refractivity contribution < 1.29 is 4.74 Å². The van der Waals surface area contributed by atoms with Gasteiger partial charge in [-0.2, -0.15) is 0 Å². The van der Waals surface area contributed by atoms with Crippen LogP contribution in [0.3, 0.4) is 0 Å². The second-order valence-electron chi connectivity index (χ2n) is 5.88. The van der Waals surface area contributed by atoms with Gasteiger partial charge < -0.3 is 20.7 Å².